The monoisotopic (exact) mass is 259 g/mol. The second-order valence-electron chi connectivity index (χ2n) is 4.22. The summed E-state index contributed by atoms with van der Waals surface area (Å²) in [7, 11) is 0. The molecule has 2 amide bonds. The Hall–Kier alpha value is -2.43. The van der Waals surface area contributed by atoms with Gasteiger partial charge in [0, 0.05) is 6.08 Å². The number of amides is 2. The van der Waals surface area contributed by atoms with Crippen molar-refractivity contribution in [2.45, 2.75) is 13.0 Å². The van der Waals surface area contributed by atoms with Crippen LogP contribution in [0.15, 0.2) is 36.9 Å². The largest absolute Gasteiger partial charge is 0.458 e. The Kier molecular flexibility index (Phi) is 3.46. The number of hydrogen-bond acceptors (Lipinski definition) is 4. The van der Waals surface area contributed by atoms with Crippen molar-refractivity contribution in [2.75, 3.05) is 6.54 Å². The summed E-state index contributed by atoms with van der Waals surface area (Å²) in [4.78, 5) is 36.2. The first-order valence-electron chi connectivity index (χ1n) is 5.83. The van der Waals surface area contributed by atoms with E-state index in [9.17, 15) is 14.4 Å². The van der Waals surface area contributed by atoms with Gasteiger partial charge in [-0.25, -0.2) is 4.79 Å². The van der Waals surface area contributed by atoms with Crippen molar-refractivity contribution < 1.29 is 19.1 Å². The van der Waals surface area contributed by atoms with Crippen LogP contribution in [0.3, 0.4) is 0 Å². The highest BCUT2D eigenvalue weighted by Gasteiger charge is 2.36. The number of esters is 1. The van der Waals surface area contributed by atoms with E-state index in [0.29, 0.717) is 11.1 Å². The van der Waals surface area contributed by atoms with E-state index in [1.165, 1.54) is 0 Å². The Morgan fingerprint density at radius 3 is 2.32 bits per heavy atom. The molecule has 0 radical (unpaired) electrons. The summed E-state index contributed by atoms with van der Waals surface area (Å²) in [6.45, 7) is 4.94. The highest BCUT2D eigenvalue weighted by Crippen LogP contribution is 2.22. The molecule has 0 N–H and O–H groups in total. The summed E-state index contributed by atoms with van der Waals surface area (Å²) in [6.07, 6.45) is 0.464. The fraction of sp³-hybridized carbons (Fsp3) is 0.214. The maximum absolute atomic E-state index is 12.0. The zero-order valence-electron chi connectivity index (χ0n) is 10.5. The third-order valence-electron chi connectivity index (χ3n) is 2.80. The van der Waals surface area contributed by atoms with Crippen LogP contribution in [0.5, 0.6) is 0 Å². The van der Waals surface area contributed by atoms with E-state index in [4.69, 9.17) is 4.74 Å². The van der Waals surface area contributed by atoms with Gasteiger partial charge < -0.3 is 4.74 Å². The van der Waals surface area contributed by atoms with Crippen molar-refractivity contribution in [3.8, 4) is 0 Å². The summed E-state index contributed by atoms with van der Waals surface area (Å²) < 4.78 is 4.95. The van der Waals surface area contributed by atoms with Gasteiger partial charge in [-0.3, -0.25) is 14.5 Å². The van der Waals surface area contributed by atoms with E-state index in [1.807, 2.05) is 0 Å². The minimum atomic E-state index is -0.580. The maximum atomic E-state index is 12.0. The molecule has 1 aliphatic rings. The van der Waals surface area contributed by atoms with Crippen molar-refractivity contribution in [3.05, 3.63) is 48.0 Å². The number of carbonyl (C=O) groups is 3. The van der Waals surface area contributed by atoms with Gasteiger partial charge in [-0.1, -0.05) is 18.7 Å². The highest BCUT2D eigenvalue weighted by atomic mass is 16.5. The number of rotatable bonds is 4. The Morgan fingerprint density at radius 1 is 1.32 bits per heavy atom. The lowest BCUT2D eigenvalue weighted by Crippen LogP contribution is -2.37. The molecule has 0 fully saturated rings. The highest BCUT2D eigenvalue weighted by molar-refractivity contribution is 6.21. The summed E-state index contributed by atoms with van der Waals surface area (Å²) in [5.74, 6) is -1.30. The summed E-state index contributed by atoms with van der Waals surface area (Å²) >= 11 is 0. The van der Waals surface area contributed by atoms with Gasteiger partial charge in [0.2, 0.25) is 0 Å². The molecule has 1 unspecified atom stereocenters. The number of fused-ring (bicyclic) bond motifs is 1. The Labute approximate surface area is 110 Å². The summed E-state index contributed by atoms with van der Waals surface area (Å²) in [5.41, 5.74) is 0.768. The van der Waals surface area contributed by atoms with Crippen molar-refractivity contribution >= 4 is 17.8 Å². The van der Waals surface area contributed by atoms with Crippen molar-refractivity contribution in [1.29, 1.82) is 0 Å². The van der Waals surface area contributed by atoms with Crippen LogP contribution in [0.1, 0.15) is 27.6 Å². The zero-order chi connectivity index (χ0) is 14.0. The molecule has 98 valence electrons. The topological polar surface area (TPSA) is 63.7 Å². The molecule has 0 spiro atoms. The molecule has 0 bridgehead atoms. The summed E-state index contributed by atoms with van der Waals surface area (Å²) in [5, 5.41) is 0. The number of benzene rings is 1. The molecule has 2 rings (SSSR count). The first-order chi connectivity index (χ1) is 9.04. The van der Waals surface area contributed by atoms with Crippen molar-refractivity contribution in [3.63, 3.8) is 0 Å². The molecule has 19 heavy (non-hydrogen) atoms. The second-order valence-corrected chi connectivity index (χ2v) is 4.22. The normalized spacial score (nSPS) is 15.1. The van der Waals surface area contributed by atoms with Crippen LogP contribution >= 0.6 is 0 Å². The number of imide groups is 1. The molecule has 0 saturated heterocycles. The fourth-order valence-corrected chi connectivity index (χ4v) is 1.95. The van der Waals surface area contributed by atoms with E-state index in [2.05, 4.69) is 6.58 Å². The van der Waals surface area contributed by atoms with E-state index < -0.39 is 12.1 Å². The van der Waals surface area contributed by atoms with Crippen LogP contribution in [0.25, 0.3) is 0 Å². The lowest BCUT2D eigenvalue weighted by molar-refractivity contribution is -0.142. The molecule has 5 nitrogen and oxygen atoms in total. The van der Waals surface area contributed by atoms with Gasteiger partial charge in [0.1, 0.15) is 6.10 Å². The average Bonchev–Trinajstić information content (AvgIpc) is 2.64. The van der Waals surface area contributed by atoms with Crippen LogP contribution in [-0.4, -0.2) is 35.3 Å². The van der Waals surface area contributed by atoms with E-state index >= 15 is 0 Å². The Bertz CT molecular complexity index is 529. The Balaban J connectivity index is 2.12. The minimum absolute atomic E-state index is 0.0337. The molecular formula is C14H13NO4. The van der Waals surface area contributed by atoms with Crippen LogP contribution in [-0.2, 0) is 9.53 Å². The second kappa shape index (κ2) is 5.06. The molecule has 0 saturated carbocycles. The van der Waals surface area contributed by atoms with E-state index in [0.717, 1.165) is 11.0 Å². The number of carbonyl (C=O) groups excluding carboxylic acids is 3. The van der Waals surface area contributed by atoms with Crippen LogP contribution in [0.2, 0.25) is 0 Å². The third-order valence-corrected chi connectivity index (χ3v) is 2.80. The SMILES string of the molecule is C=CC(=O)OC(C)CN1C(=O)c2ccccc2C1=O. The van der Waals surface area contributed by atoms with Gasteiger partial charge in [-0.05, 0) is 19.1 Å². The van der Waals surface area contributed by atoms with E-state index in [1.54, 1.807) is 31.2 Å². The predicted molar refractivity (Wildman–Crippen MR) is 67.6 cm³/mol. The number of ether oxygens (including phenoxy) is 1. The molecule has 1 aromatic carbocycles. The molecule has 1 heterocycles. The molecular weight excluding hydrogens is 246 g/mol. The first kappa shape index (κ1) is 13.0. The molecule has 1 atom stereocenters. The number of nitrogens with zero attached hydrogens (tertiary/aromatic N) is 1. The van der Waals surface area contributed by atoms with Gasteiger partial charge in [-0.15, -0.1) is 0 Å². The predicted octanol–water partition coefficient (Wildman–Crippen LogP) is 1.40. The standard InChI is InChI=1S/C14H13NO4/c1-3-12(16)19-9(2)8-15-13(17)10-6-4-5-7-11(10)14(15)18/h3-7,9H,1,8H2,2H3. The smallest absolute Gasteiger partial charge is 0.330 e. The van der Waals surface area contributed by atoms with Crippen LogP contribution in [0, 0.1) is 0 Å². The number of hydrogen-bond donors (Lipinski definition) is 0. The summed E-state index contributed by atoms with van der Waals surface area (Å²) in [6, 6.07) is 6.62. The molecule has 1 aromatic rings. The fourth-order valence-electron chi connectivity index (χ4n) is 1.95. The molecule has 0 aromatic heterocycles. The van der Waals surface area contributed by atoms with Gasteiger partial charge >= 0.3 is 5.97 Å². The van der Waals surface area contributed by atoms with Crippen LogP contribution in [0.4, 0.5) is 0 Å². The van der Waals surface area contributed by atoms with Gasteiger partial charge in [-0.2, -0.15) is 0 Å². The lowest BCUT2D eigenvalue weighted by atomic mass is 10.1. The van der Waals surface area contributed by atoms with Gasteiger partial charge in [0.15, 0.2) is 0 Å². The van der Waals surface area contributed by atoms with E-state index in [-0.39, 0.29) is 18.4 Å². The average molecular weight is 259 g/mol. The zero-order valence-corrected chi connectivity index (χ0v) is 10.5. The van der Waals surface area contributed by atoms with Gasteiger partial charge in [0.25, 0.3) is 11.8 Å². The Morgan fingerprint density at radius 2 is 1.84 bits per heavy atom. The minimum Gasteiger partial charge on any atom is -0.458 e. The lowest BCUT2D eigenvalue weighted by Gasteiger charge is -2.18. The third kappa shape index (κ3) is 2.40. The van der Waals surface area contributed by atoms with Crippen LogP contribution < -0.4 is 0 Å². The van der Waals surface area contributed by atoms with Crippen molar-refractivity contribution in [1.82, 2.24) is 4.90 Å². The first-order valence-corrected chi connectivity index (χ1v) is 5.83. The molecule has 0 aliphatic carbocycles. The molecule has 5 heteroatoms. The van der Waals surface area contributed by atoms with Crippen molar-refractivity contribution in [2.24, 2.45) is 0 Å². The quantitative estimate of drug-likeness (QED) is 0.466. The van der Waals surface area contributed by atoms with Gasteiger partial charge in [0.05, 0.1) is 17.7 Å². The maximum Gasteiger partial charge on any atom is 0.330 e. The molecule has 1 aliphatic heterocycles.